The maximum atomic E-state index is 13.9. The van der Waals surface area contributed by atoms with Crippen molar-refractivity contribution in [2.45, 2.75) is 24.7 Å². The van der Waals surface area contributed by atoms with Crippen LogP contribution in [0.5, 0.6) is 0 Å². The van der Waals surface area contributed by atoms with Crippen LogP contribution in [0.1, 0.15) is 27.8 Å². The van der Waals surface area contributed by atoms with Crippen molar-refractivity contribution in [1.29, 1.82) is 5.26 Å². The summed E-state index contributed by atoms with van der Waals surface area (Å²) < 4.78 is 168. The van der Waals surface area contributed by atoms with Crippen LogP contribution in [-0.4, -0.2) is 14.1 Å². The van der Waals surface area contributed by atoms with Crippen molar-refractivity contribution in [1.82, 2.24) is 14.1 Å². The number of alkyl halides is 12. The van der Waals surface area contributed by atoms with Crippen LogP contribution < -0.4 is 0 Å². The molecule has 0 saturated heterocycles. The van der Waals surface area contributed by atoms with E-state index in [1.165, 1.54) is 0 Å². The summed E-state index contributed by atoms with van der Waals surface area (Å²) in [6, 6.07) is 11.5. The number of halogens is 12. The minimum atomic E-state index is -4.90. The molecule has 0 atom stereocenters. The molecular weight excluding hydrogens is 692 g/mol. The molecule has 7 rings (SSSR count). The number of aromatic nitrogens is 3. The standard InChI is InChI=1S/C34H14F12N4/c35-31(36,37)16-1-5-20-21-6-2-17(32(38,39)40)10-26(21)49(25(20)9-16)29-14-48-15-30(24(29)13-47)50-27-11-18(33(41,42)43)3-7-22(27)23-8-4-19(12-28(23)50)34(44,45)46/h1-12,14-15H. The lowest BCUT2D eigenvalue weighted by molar-refractivity contribution is -0.138. The molecule has 254 valence electrons. The van der Waals surface area contributed by atoms with Crippen molar-refractivity contribution in [3.63, 3.8) is 0 Å². The van der Waals surface area contributed by atoms with E-state index in [1.54, 1.807) is 0 Å². The van der Waals surface area contributed by atoms with Crippen LogP contribution in [0.25, 0.3) is 55.0 Å². The van der Waals surface area contributed by atoms with Crippen molar-refractivity contribution in [2.24, 2.45) is 0 Å². The molecule has 3 aromatic heterocycles. The van der Waals surface area contributed by atoms with Crippen LogP contribution in [0.3, 0.4) is 0 Å². The Morgan fingerprint density at radius 3 is 0.920 bits per heavy atom. The van der Waals surface area contributed by atoms with Crippen LogP contribution in [0.4, 0.5) is 52.7 Å². The average Bonchev–Trinajstić information content (AvgIpc) is 3.53. The molecule has 3 heterocycles. The quantitative estimate of drug-likeness (QED) is 0.168. The number of benzene rings is 4. The second kappa shape index (κ2) is 10.6. The first-order valence-electron chi connectivity index (χ1n) is 14.1. The van der Waals surface area contributed by atoms with Gasteiger partial charge in [-0.1, -0.05) is 24.3 Å². The molecule has 50 heavy (non-hydrogen) atoms. The van der Waals surface area contributed by atoms with Gasteiger partial charge in [0.25, 0.3) is 0 Å². The van der Waals surface area contributed by atoms with E-state index >= 15 is 0 Å². The molecule has 0 amide bonds. The van der Waals surface area contributed by atoms with Gasteiger partial charge in [-0.2, -0.15) is 57.9 Å². The summed E-state index contributed by atoms with van der Waals surface area (Å²) in [6.45, 7) is 0. The Morgan fingerprint density at radius 1 is 0.440 bits per heavy atom. The van der Waals surface area contributed by atoms with Gasteiger partial charge < -0.3 is 9.13 Å². The lowest BCUT2D eigenvalue weighted by Crippen LogP contribution is -2.09. The zero-order valence-electron chi connectivity index (χ0n) is 24.4. The van der Waals surface area contributed by atoms with E-state index in [4.69, 9.17) is 0 Å². The lowest BCUT2D eigenvalue weighted by atomic mass is 10.1. The molecule has 4 nitrogen and oxygen atoms in total. The van der Waals surface area contributed by atoms with Gasteiger partial charge in [0.05, 0.1) is 68.1 Å². The Labute approximate surface area is 271 Å². The molecule has 0 saturated carbocycles. The Hall–Kier alpha value is -5.72. The summed E-state index contributed by atoms with van der Waals surface area (Å²) in [4.78, 5) is 4.04. The molecular formula is C34H14F12N4. The van der Waals surface area contributed by atoms with Gasteiger partial charge in [-0.15, -0.1) is 0 Å². The summed E-state index contributed by atoms with van der Waals surface area (Å²) in [5, 5.41) is 10.7. The Kier molecular flexibility index (Phi) is 6.98. The van der Waals surface area contributed by atoms with Crippen LogP contribution in [0.15, 0.2) is 85.2 Å². The molecule has 0 spiro atoms. The number of nitriles is 1. The first-order chi connectivity index (χ1) is 23.3. The van der Waals surface area contributed by atoms with E-state index in [0.29, 0.717) is 24.3 Å². The maximum Gasteiger partial charge on any atom is 0.416 e. The maximum absolute atomic E-state index is 13.9. The SMILES string of the molecule is N#Cc1c(-n2c3cc(C(F)(F)F)ccc3c3ccc(C(F)(F)F)cc32)cncc1-n1c2cc(C(F)(F)F)ccc2c2ccc(C(F)(F)F)cc21. The van der Waals surface area contributed by atoms with E-state index in [2.05, 4.69) is 4.98 Å². The topological polar surface area (TPSA) is 46.5 Å². The first-order valence-corrected chi connectivity index (χ1v) is 14.1. The third-order valence-electron chi connectivity index (χ3n) is 8.34. The van der Waals surface area contributed by atoms with Gasteiger partial charge in [0.2, 0.25) is 0 Å². The number of nitrogens with zero attached hydrogens (tertiary/aromatic N) is 4. The van der Waals surface area contributed by atoms with Gasteiger partial charge in [-0.3, -0.25) is 4.98 Å². The van der Waals surface area contributed by atoms with Gasteiger partial charge in [-0.05, 0) is 48.5 Å². The van der Waals surface area contributed by atoms with Crippen molar-refractivity contribution in [2.75, 3.05) is 0 Å². The number of fused-ring (bicyclic) bond motifs is 6. The normalized spacial score (nSPS) is 13.2. The summed E-state index contributed by atoms with van der Waals surface area (Å²) in [6.07, 6.45) is -17.7. The van der Waals surface area contributed by atoms with Gasteiger partial charge in [0, 0.05) is 21.5 Å². The third kappa shape index (κ3) is 5.15. The fourth-order valence-electron chi connectivity index (χ4n) is 6.15. The minimum absolute atomic E-state index is 0.0533. The molecule has 0 radical (unpaired) electrons. The van der Waals surface area contributed by atoms with E-state index in [0.717, 1.165) is 70.1 Å². The lowest BCUT2D eigenvalue weighted by Gasteiger charge is -2.16. The molecule has 0 N–H and O–H groups in total. The monoisotopic (exact) mass is 706 g/mol. The van der Waals surface area contributed by atoms with Gasteiger partial charge in [0.1, 0.15) is 11.6 Å². The highest BCUT2D eigenvalue weighted by Crippen LogP contribution is 2.43. The molecule has 0 aliphatic heterocycles. The fourth-order valence-corrected chi connectivity index (χ4v) is 6.15. The molecule has 0 fully saturated rings. The summed E-state index contributed by atoms with van der Waals surface area (Å²) >= 11 is 0. The number of rotatable bonds is 2. The van der Waals surface area contributed by atoms with E-state index in [-0.39, 0.29) is 43.6 Å². The van der Waals surface area contributed by atoms with Crippen molar-refractivity contribution >= 4 is 43.6 Å². The van der Waals surface area contributed by atoms with Crippen LogP contribution >= 0.6 is 0 Å². The fraction of sp³-hybridized carbons (Fsp3) is 0.118. The van der Waals surface area contributed by atoms with E-state index in [1.807, 2.05) is 6.07 Å². The molecule has 0 aliphatic carbocycles. The van der Waals surface area contributed by atoms with Gasteiger partial charge >= 0.3 is 24.7 Å². The largest absolute Gasteiger partial charge is 0.416 e. The Bertz CT molecular complexity index is 2250. The summed E-state index contributed by atoms with van der Waals surface area (Å²) in [5.74, 6) is 0. The highest BCUT2D eigenvalue weighted by Gasteiger charge is 2.36. The summed E-state index contributed by atoms with van der Waals surface area (Å²) in [7, 11) is 0. The second-order valence-corrected chi connectivity index (χ2v) is 11.3. The molecule has 0 aliphatic rings. The van der Waals surface area contributed by atoms with Crippen molar-refractivity contribution in [3.05, 3.63) is 113 Å². The Balaban J connectivity index is 1.63. The number of pyridine rings is 1. The van der Waals surface area contributed by atoms with Gasteiger partial charge in [-0.25, -0.2) is 0 Å². The predicted molar refractivity (Wildman–Crippen MR) is 158 cm³/mol. The number of hydrogen-bond donors (Lipinski definition) is 0. The van der Waals surface area contributed by atoms with E-state index in [9.17, 15) is 57.9 Å². The second-order valence-electron chi connectivity index (χ2n) is 11.3. The minimum Gasteiger partial charge on any atom is -0.306 e. The molecule has 7 aromatic rings. The van der Waals surface area contributed by atoms with Crippen LogP contribution in [0, 0.1) is 11.3 Å². The molecule has 4 aromatic carbocycles. The van der Waals surface area contributed by atoms with Crippen molar-refractivity contribution < 1.29 is 52.7 Å². The highest BCUT2D eigenvalue weighted by atomic mass is 19.4. The zero-order valence-corrected chi connectivity index (χ0v) is 24.4. The molecule has 0 unspecified atom stereocenters. The summed E-state index contributed by atoms with van der Waals surface area (Å²) in [5.41, 5.74) is -7.25. The van der Waals surface area contributed by atoms with Crippen molar-refractivity contribution in [3.8, 4) is 17.4 Å². The zero-order chi connectivity index (χ0) is 36.1. The van der Waals surface area contributed by atoms with Gasteiger partial charge in [0.15, 0.2) is 0 Å². The predicted octanol–water partition coefficient (Wildman–Crippen LogP) is 11.2. The number of hydrogen-bond acceptors (Lipinski definition) is 2. The average molecular weight is 706 g/mol. The Morgan fingerprint density at radius 2 is 0.700 bits per heavy atom. The van der Waals surface area contributed by atoms with Crippen LogP contribution in [0.2, 0.25) is 0 Å². The molecule has 16 heteroatoms. The van der Waals surface area contributed by atoms with Crippen LogP contribution in [-0.2, 0) is 24.7 Å². The van der Waals surface area contributed by atoms with E-state index < -0.39 is 63.9 Å². The highest BCUT2D eigenvalue weighted by molar-refractivity contribution is 6.11. The smallest absolute Gasteiger partial charge is 0.306 e. The molecule has 0 bridgehead atoms. The third-order valence-corrected chi connectivity index (χ3v) is 8.34. The first kappa shape index (κ1) is 32.8.